The Hall–Kier alpha value is -4.11. The van der Waals surface area contributed by atoms with Crippen LogP contribution >= 0.6 is 0 Å². The minimum absolute atomic E-state index is 0.146. The first-order valence-corrected chi connectivity index (χ1v) is 46.6. The number of amides is 4. The number of ether oxygens (including phenoxy) is 12. The van der Waals surface area contributed by atoms with Gasteiger partial charge in [0.2, 0.25) is 23.6 Å². The van der Waals surface area contributed by atoms with Gasteiger partial charge >= 0.3 is 5.97 Å². The molecule has 4 amide bonds. The molecule has 6 saturated heterocycles. The SMILES string of the molecule is CCCCCCCCCCCCC/C=C/[C@@H](O)[C@H](CO[C@@H]1OC(CO)[C@@H](O[C@@H]2OC(CO)[C@H](O)[C@H](O[C@@H]3OC(CO)[C@@H](O)[C@H](O[C@@H]4OC(CO)[C@H](O[C@@H]5OC(CO)[C@H](O)[C@H](O)C5NC(C)=O)[C@H](O[C@]5(C(=O)O)CC(O)[C@@H](NC(C)=O)C([C@H](O)[C@H](O)CO)O5)C4O)C3NC(C)=O)C2O)[C@H](O)C1O)NC(=O)CCCCCCCCCCCCCCCCCCCCCCC. The van der Waals surface area contributed by atoms with Crippen LogP contribution in [0, 0.1) is 0 Å². The molecule has 0 aliphatic carbocycles. The molecule has 6 aliphatic heterocycles. The van der Waals surface area contributed by atoms with Crippen molar-refractivity contribution in [2.75, 3.05) is 46.2 Å². The Kier molecular flexibility index (Phi) is 52.4. The number of carbonyl (C=O) groups excluding carboxylic acids is 4. The highest BCUT2D eigenvalue weighted by atomic mass is 16.8. The van der Waals surface area contributed by atoms with Crippen LogP contribution < -0.4 is 21.3 Å². The van der Waals surface area contributed by atoms with Gasteiger partial charge in [-0.05, 0) is 19.3 Å². The second-order valence-electron chi connectivity index (χ2n) is 34.9. The van der Waals surface area contributed by atoms with Crippen molar-refractivity contribution in [3.63, 3.8) is 0 Å². The number of hydrogen-bond donors (Lipinski definition) is 23. The zero-order chi connectivity index (χ0) is 93.3. The molecule has 127 heavy (non-hydrogen) atoms. The third-order valence-corrected chi connectivity index (χ3v) is 24.6. The summed E-state index contributed by atoms with van der Waals surface area (Å²) in [6, 6.07) is -6.76. The van der Waals surface area contributed by atoms with Gasteiger partial charge in [-0.2, -0.15) is 0 Å². The summed E-state index contributed by atoms with van der Waals surface area (Å²) in [5.41, 5.74) is 0. The van der Waals surface area contributed by atoms with Gasteiger partial charge in [-0.25, -0.2) is 4.79 Å². The average Bonchev–Trinajstić information content (AvgIpc) is 0.745. The molecule has 12 unspecified atom stereocenters. The summed E-state index contributed by atoms with van der Waals surface area (Å²) < 4.78 is 72.5. The lowest BCUT2D eigenvalue weighted by Gasteiger charge is -2.53. The summed E-state index contributed by atoms with van der Waals surface area (Å²) in [6.07, 6.45) is -17.6. The van der Waals surface area contributed by atoms with Crippen LogP contribution in [-0.4, -0.2) is 375 Å². The largest absolute Gasteiger partial charge is 0.477 e. The van der Waals surface area contributed by atoms with Gasteiger partial charge in [-0.1, -0.05) is 219 Å². The van der Waals surface area contributed by atoms with Gasteiger partial charge in [-0.15, -0.1) is 0 Å². The van der Waals surface area contributed by atoms with E-state index in [0.717, 1.165) is 72.1 Å². The highest BCUT2D eigenvalue weighted by Gasteiger charge is 2.63. The Balaban J connectivity index is 1.17. The molecule has 6 heterocycles. The summed E-state index contributed by atoms with van der Waals surface area (Å²) in [5, 5.41) is 225. The van der Waals surface area contributed by atoms with E-state index >= 15 is 0 Å². The van der Waals surface area contributed by atoms with Crippen LogP contribution in [0.15, 0.2) is 12.2 Å². The molecule has 6 aliphatic rings. The van der Waals surface area contributed by atoms with E-state index in [1.54, 1.807) is 6.08 Å². The standard InChI is InChI=1S/C87H156N4O36/c1-6-8-10-12-14-16-18-20-21-22-23-24-25-26-27-29-31-33-35-37-39-41-62(104)91-53(54(101)40-38-36-34-32-30-28-19-17-15-13-11-9-7-2)49-116-83-72(111)71(110)75(60(47-96)120-83)122-84-73(112)79(69(108)59(46-95)119-84)125-82-65(90-52(5)100)77(68(107)58(45-94)118-82)124-85-74(113)80(76(61(48-97)121-85)123-81-64(89-51(4)99)70(109)67(106)57(44-93)117-81)127-87(86(114)115)42-55(102)63(88-50(3)98)78(126-87)66(105)56(103)43-92/h38,40,53-61,63-85,92-97,101-103,105-113H,6-37,39,41-49H2,1-5H3,(H,88,98)(H,89,99)(H,90,100)(H,91,104)(H,114,115)/b40-38+/t53-,54+,55?,56+,57?,58?,59?,60?,61?,63+,64?,65?,66+,67-,68+,69-,70+,71+,72?,73?,74?,75+,76-,77+,78?,79-,80+,81-,82-,83+,84-,85-,87-/m0/s1. The molecule has 33 atom stereocenters. The van der Waals surface area contributed by atoms with Crippen LogP contribution in [0.25, 0.3) is 0 Å². The Morgan fingerprint density at radius 2 is 0.795 bits per heavy atom. The number of aliphatic hydroxyl groups excluding tert-OH is 18. The maximum Gasteiger partial charge on any atom is 0.364 e. The monoisotopic (exact) mass is 1830 g/mol. The third-order valence-electron chi connectivity index (χ3n) is 24.6. The fourth-order valence-electron chi connectivity index (χ4n) is 17.3. The normalized spacial score (nSPS) is 34.6. The zero-order valence-electron chi connectivity index (χ0n) is 74.8. The fraction of sp³-hybridized carbons (Fsp3) is 0.920. The van der Waals surface area contributed by atoms with Crippen LogP contribution in [-0.2, 0) is 80.8 Å². The van der Waals surface area contributed by atoms with Crippen molar-refractivity contribution in [3.8, 4) is 0 Å². The number of carboxylic acid groups (broad SMARTS) is 1. The molecular formula is C87H156N4O36. The quantitative estimate of drug-likeness (QED) is 0.0264. The van der Waals surface area contributed by atoms with Crippen molar-refractivity contribution in [2.45, 2.75) is 461 Å². The van der Waals surface area contributed by atoms with Gasteiger partial charge in [0.15, 0.2) is 31.5 Å². The molecule has 0 spiro atoms. The molecular weight excluding hydrogens is 1680 g/mol. The smallest absolute Gasteiger partial charge is 0.364 e. The zero-order valence-corrected chi connectivity index (χ0v) is 74.8. The summed E-state index contributed by atoms with van der Waals surface area (Å²) in [4.78, 5) is 66.0. The van der Waals surface area contributed by atoms with Crippen LogP contribution in [0.4, 0.5) is 0 Å². The van der Waals surface area contributed by atoms with Gasteiger partial charge in [0, 0.05) is 33.6 Å². The van der Waals surface area contributed by atoms with Crippen molar-refractivity contribution in [2.24, 2.45) is 0 Å². The molecule has 0 saturated carbocycles. The molecule has 6 fully saturated rings. The van der Waals surface area contributed by atoms with Gasteiger partial charge in [0.05, 0.1) is 70.5 Å². The Morgan fingerprint density at radius 3 is 1.27 bits per heavy atom. The first kappa shape index (κ1) is 112. The second-order valence-corrected chi connectivity index (χ2v) is 34.9. The Bertz CT molecular complexity index is 3070. The molecule has 0 radical (unpaired) electrons. The predicted molar refractivity (Wildman–Crippen MR) is 450 cm³/mol. The molecule has 740 valence electrons. The van der Waals surface area contributed by atoms with Crippen molar-refractivity contribution in [1.29, 1.82) is 0 Å². The van der Waals surface area contributed by atoms with E-state index in [4.69, 9.17) is 56.8 Å². The Labute approximate surface area is 745 Å². The van der Waals surface area contributed by atoms with E-state index in [9.17, 15) is 121 Å². The first-order chi connectivity index (χ1) is 60.9. The van der Waals surface area contributed by atoms with Crippen molar-refractivity contribution in [1.82, 2.24) is 21.3 Å². The van der Waals surface area contributed by atoms with Crippen LogP contribution in [0.2, 0.25) is 0 Å². The van der Waals surface area contributed by atoms with E-state index in [2.05, 4.69) is 35.1 Å². The van der Waals surface area contributed by atoms with Crippen molar-refractivity contribution >= 4 is 29.6 Å². The number of unbranched alkanes of at least 4 members (excludes halogenated alkanes) is 31. The highest BCUT2D eigenvalue weighted by Crippen LogP contribution is 2.42. The van der Waals surface area contributed by atoms with Crippen LogP contribution in [0.3, 0.4) is 0 Å². The lowest BCUT2D eigenvalue weighted by molar-refractivity contribution is -0.400. The lowest BCUT2D eigenvalue weighted by atomic mass is 9.88. The molecule has 0 aromatic carbocycles. The van der Waals surface area contributed by atoms with E-state index < -0.39 is 278 Å². The van der Waals surface area contributed by atoms with Gasteiger partial charge in [-0.3, -0.25) is 19.2 Å². The number of rotatable bonds is 62. The van der Waals surface area contributed by atoms with Gasteiger partial charge < -0.3 is 175 Å². The minimum Gasteiger partial charge on any atom is -0.477 e. The molecule has 0 aromatic rings. The maximum atomic E-state index is 13.8. The summed E-state index contributed by atoms with van der Waals surface area (Å²) in [5.74, 6) is -8.73. The van der Waals surface area contributed by atoms with Gasteiger partial charge in [0.1, 0.15) is 140 Å². The number of nitrogens with one attached hydrogen (secondary N) is 4. The summed E-state index contributed by atoms with van der Waals surface area (Å²) in [7, 11) is 0. The van der Waals surface area contributed by atoms with E-state index in [1.165, 1.54) is 148 Å². The van der Waals surface area contributed by atoms with E-state index in [-0.39, 0.29) is 12.3 Å². The lowest BCUT2D eigenvalue weighted by Crippen LogP contribution is -2.72. The van der Waals surface area contributed by atoms with E-state index in [0.29, 0.717) is 12.8 Å². The number of aliphatic carboxylic acids is 1. The van der Waals surface area contributed by atoms with Crippen LogP contribution in [0.5, 0.6) is 0 Å². The minimum atomic E-state index is -3.42. The number of hydrogen-bond acceptors (Lipinski definition) is 35. The maximum absolute atomic E-state index is 13.8. The summed E-state index contributed by atoms with van der Waals surface area (Å²) in [6.45, 7) is 0.0449. The molecule has 6 rings (SSSR count). The molecule has 0 bridgehead atoms. The molecule has 23 N–H and O–H groups in total. The Morgan fingerprint density at radius 1 is 0.409 bits per heavy atom. The number of carbonyl (C=O) groups is 5. The average molecular weight is 1830 g/mol. The second kappa shape index (κ2) is 59.6. The third kappa shape index (κ3) is 35.0. The molecule has 40 nitrogen and oxygen atoms in total. The fourth-order valence-corrected chi connectivity index (χ4v) is 17.3. The number of aliphatic hydroxyl groups is 18. The van der Waals surface area contributed by atoms with Crippen LogP contribution in [0.1, 0.15) is 259 Å². The van der Waals surface area contributed by atoms with Crippen molar-refractivity contribution in [3.05, 3.63) is 12.2 Å². The predicted octanol–water partition coefficient (Wildman–Crippen LogP) is -0.734. The van der Waals surface area contributed by atoms with Gasteiger partial charge in [0.25, 0.3) is 5.79 Å². The van der Waals surface area contributed by atoms with Crippen molar-refractivity contribution < 1.29 is 178 Å². The first-order valence-electron chi connectivity index (χ1n) is 46.6. The summed E-state index contributed by atoms with van der Waals surface area (Å²) >= 11 is 0. The number of allylic oxidation sites excluding steroid dienone is 1. The number of carboxylic acids is 1. The van der Waals surface area contributed by atoms with E-state index in [1.807, 2.05) is 6.08 Å². The highest BCUT2D eigenvalue weighted by molar-refractivity contribution is 5.77. The molecule has 0 aromatic heterocycles. The molecule has 40 heteroatoms. The topological polar surface area (TPSA) is 629 Å².